The van der Waals surface area contributed by atoms with Crippen molar-refractivity contribution in [2.45, 2.75) is 32.6 Å². The van der Waals surface area contributed by atoms with Gasteiger partial charge in [-0.1, -0.05) is 13.3 Å². The van der Waals surface area contributed by atoms with Crippen molar-refractivity contribution in [1.82, 2.24) is 0 Å². The molecule has 0 fully saturated rings. The lowest BCUT2D eigenvalue weighted by atomic mass is 9.86. The van der Waals surface area contributed by atoms with Crippen LogP contribution >= 0.6 is 11.3 Å². The van der Waals surface area contributed by atoms with Crippen molar-refractivity contribution in [2.24, 2.45) is 5.92 Å². The molecule has 9 heteroatoms. The number of amides is 1. The van der Waals surface area contributed by atoms with Gasteiger partial charge in [-0.15, -0.1) is 11.3 Å². The number of anilines is 1. The van der Waals surface area contributed by atoms with E-state index in [9.17, 15) is 32.0 Å². The maximum absolute atomic E-state index is 13.8. The third-order valence-electron chi connectivity index (χ3n) is 4.72. The van der Waals surface area contributed by atoms with Gasteiger partial charge in [-0.05, 0) is 30.7 Å². The number of nitriles is 1. The summed E-state index contributed by atoms with van der Waals surface area (Å²) in [4.78, 5) is 13.1. The molecule has 27 heavy (non-hydrogen) atoms. The molecule has 1 aromatic heterocycles. The number of nitrogens with one attached hydrogen (secondary N) is 1. The number of thiophene rings is 1. The van der Waals surface area contributed by atoms with Gasteiger partial charge in [-0.25, -0.2) is 22.0 Å². The Labute approximate surface area is 155 Å². The molecule has 3 nitrogen and oxygen atoms in total. The maximum atomic E-state index is 13.8. The molecule has 1 aliphatic rings. The number of carbonyl (C=O) groups is 1. The summed E-state index contributed by atoms with van der Waals surface area (Å²) in [7, 11) is 0. The van der Waals surface area contributed by atoms with E-state index in [0.29, 0.717) is 18.8 Å². The van der Waals surface area contributed by atoms with Gasteiger partial charge in [0.15, 0.2) is 23.3 Å². The quantitative estimate of drug-likeness (QED) is 0.444. The van der Waals surface area contributed by atoms with Crippen molar-refractivity contribution in [1.29, 1.82) is 5.26 Å². The molecule has 142 valence electrons. The van der Waals surface area contributed by atoms with E-state index in [0.717, 1.165) is 34.6 Å². The summed E-state index contributed by atoms with van der Waals surface area (Å²) in [6.07, 6.45) is 3.17. The van der Waals surface area contributed by atoms with E-state index in [-0.39, 0.29) is 10.6 Å². The summed E-state index contributed by atoms with van der Waals surface area (Å²) in [5.41, 5.74) is -0.644. The summed E-state index contributed by atoms with van der Waals surface area (Å²) < 4.78 is 67.4. The molecule has 0 radical (unpaired) electrons. The molecule has 0 saturated carbocycles. The summed E-state index contributed by atoms with van der Waals surface area (Å²) in [5.74, 6) is -12.2. The third-order valence-corrected chi connectivity index (χ3v) is 5.89. The second-order valence-corrected chi connectivity index (χ2v) is 7.34. The Morgan fingerprint density at radius 1 is 1.15 bits per heavy atom. The monoisotopic (exact) mass is 400 g/mol. The first-order valence-corrected chi connectivity index (χ1v) is 8.99. The molecule has 2 aromatic rings. The number of hydrogen-bond donors (Lipinski definition) is 1. The Hall–Kier alpha value is -2.47. The zero-order chi connectivity index (χ0) is 19.9. The van der Waals surface area contributed by atoms with E-state index in [1.54, 1.807) is 0 Å². The topological polar surface area (TPSA) is 52.9 Å². The lowest BCUT2D eigenvalue weighted by Gasteiger charge is -2.20. The molecular weight excluding hydrogens is 387 g/mol. The zero-order valence-electron chi connectivity index (χ0n) is 14.1. The molecule has 1 aliphatic carbocycles. The average molecular weight is 400 g/mol. The van der Waals surface area contributed by atoms with E-state index in [2.05, 4.69) is 5.32 Å². The van der Waals surface area contributed by atoms with Crippen molar-refractivity contribution in [3.05, 3.63) is 50.7 Å². The first-order valence-electron chi connectivity index (χ1n) is 8.17. The van der Waals surface area contributed by atoms with Crippen LogP contribution in [0.5, 0.6) is 0 Å². The number of rotatable bonds is 3. The minimum atomic E-state index is -2.34. The number of nitrogens with zero attached hydrogens (tertiary/aromatic N) is 1. The minimum Gasteiger partial charge on any atom is -0.312 e. The number of carbonyl (C=O) groups excluding carboxylic acids is 1. The molecule has 1 aromatic carbocycles. The fourth-order valence-corrected chi connectivity index (χ4v) is 4.49. The van der Waals surface area contributed by atoms with Crippen LogP contribution in [0.3, 0.4) is 0 Å². The zero-order valence-corrected chi connectivity index (χ0v) is 14.9. The molecule has 1 heterocycles. The van der Waals surface area contributed by atoms with Gasteiger partial charge in [0, 0.05) is 4.88 Å². The normalized spacial score (nSPS) is 16.0. The molecule has 0 saturated heterocycles. The van der Waals surface area contributed by atoms with Crippen molar-refractivity contribution >= 4 is 22.2 Å². The van der Waals surface area contributed by atoms with E-state index < -0.39 is 40.6 Å². The summed E-state index contributed by atoms with van der Waals surface area (Å²) in [6.45, 7) is 2.04. The number of benzene rings is 1. The van der Waals surface area contributed by atoms with Crippen LogP contribution in [-0.2, 0) is 12.8 Å². The van der Waals surface area contributed by atoms with Crippen LogP contribution in [-0.4, -0.2) is 5.91 Å². The van der Waals surface area contributed by atoms with Crippen LogP contribution in [0.2, 0.25) is 0 Å². The Balaban J connectivity index is 1.99. The van der Waals surface area contributed by atoms with Gasteiger partial charge in [-0.2, -0.15) is 5.26 Å². The van der Waals surface area contributed by atoms with Gasteiger partial charge in [-0.3, -0.25) is 4.79 Å². The van der Waals surface area contributed by atoms with Crippen molar-refractivity contribution in [2.75, 3.05) is 5.32 Å². The fourth-order valence-electron chi connectivity index (χ4n) is 3.18. The molecule has 1 N–H and O–H groups in total. The first kappa shape index (κ1) is 19.3. The van der Waals surface area contributed by atoms with Crippen LogP contribution < -0.4 is 5.32 Å². The maximum Gasteiger partial charge on any atom is 0.262 e. The Bertz CT molecular complexity index is 950. The SMILES string of the molecule is CCC1CCc2c(sc(NC(=O)c3c(F)c(F)c(F)c(F)c3F)c2C#N)C1. The van der Waals surface area contributed by atoms with Crippen LogP contribution in [0.15, 0.2) is 0 Å². The summed E-state index contributed by atoms with van der Waals surface area (Å²) in [6, 6.07) is 1.95. The summed E-state index contributed by atoms with van der Waals surface area (Å²) >= 11 is 1.09. The molecule has 1 atom stereocenters. The first-order chi connectivity index (χ1) is 12.8. The van der Waals surface area contributed by atoms with Gasteiger partial charge in [0.25, 0.3) is 5.91 Å². The number of hydrogen-bond acceptors (Lipinski definition) is 3. The predicted molar refractivity (Wildman–Crippen MR) is 89.0 cm³/mol. The van der Waals surface area contributed by atoms with Crippen molar-refractivity contribution < 1.29 is 26.7 Å². The van der Waals surface area contributed by atoms with Gasteiger partial charge < -0.3 is 5.32 Å². The van der Waals surface area contributed by atoms with Crippen LogP contribution in [0.25, 0.3) is 0 Å². The average Bonchev–Trinajstić information content (AvgIpc) is 3.00. The van der Waals surface area contributed by atoms with Gasteiger partial charge in [0.1, 0.15) is 16.6 Å². The Kier molecular flexibility index (Phi) is 5.20. The molecular formula is C18H13F5N2OS. The molecule has 0 spiro atoms. The second-order valence-electron chi connectivity index (χ2n) is 6.24. The minimum absolute atomic E-state index is 0.0493. The molecule has 0 bridgehead atoms. The Morgan fingerprint density at radius 2 is 1.74 bits per heavy atom. The fraction of sp³-hybridized carbons (Fsp3) is 0.333. The van der Waals surface area contributed by atoms with Gasteiger partial charge in [0.05, 0.1) is 5.56 Å². The highest BCUT2D eigenvalue weighted by molar-refractivity contribution is 7.16. The van der Waals surface area contributed by atoms with E-state index in [4.69, 9.17) is 0 Å². The second kappa shape index (κ2) is 7.27. The molecule has 0 aliphatic heterocycles. The molecule has 1 unspecified atom stereocenters. The largest absolute Gasteiger partial charge is 0.312 e. The van der Waals surface area contributed by atoms with Crippen LogP contribution in [0, 0.1) is 46.3 Å². The standard InChI is InChI=1S/C18H13F5N2OS/c1-2-7-3-4-8-9(6-24)18(27-10(8)5-7)25-17(26)11-12(19)14(21)16(23)15(22)13(11)20/h7H,2-5H2,1H3,(H,25,26). The molecule has 1 amide bonds. The lowest BCUT2D eigenvalue weighted by Crippen LogP contribution is -2.19. The van der Waals surface area contributed by atoms with Gasteiger partial charge in [0.2, 0.25) is 5.82 Å². The lowest BCUT2D eigenvalue weighted by molar-refractivity contribution is 0.101. The van der Waals surface area contributed by atoms with E-state index in [1.807, 2.05) is 13.0 Å². The molecule has 3 rings (SSSR count). The number of fused-ring (bicyclic) bond motifs is 1. The smallest absolute Gasteiger partial charge is 0.262 e. The van der Waals surface area contributed by atoms with E-state index in [1.165, 1.54) is 0 Å². The van der Waals surface area contributed by atoms with Crippen LogP contribution in [0.1, 0.15) is 46.1 Å². The highest BCUT2D eigenvalue weighted by Crippen LogP contribution is 2.40. The Morgan fingerprint density at radius 3 is 2.30 bits per heavy atom. The van der Waals surface area contributed by atoms with Crippen LogP contribution in [0.4, 0.5) is 27.0 Å². The summed E-state index contributed by atoms with van der Waals surface area (Å²) in [5, 5.41) is 11.6. The number of halogens is 5. The van der Waals surface area contributed by atoms with E-state index >= 15 is 0 Å². The highest BCUT2D eigenvalue weighted by atomic mass is 32.1. The van der Waals surface area contributed by atoms with Gasteiger partial charge >= 0.3 is 0 Å². The third kappa shape index (κ3) is 3.18. The predicted octanol–water partition coefficient (Wildman–Crippen LogP) is 5.08. The van der Waals surface area contributed by atoms with Crippen molar-refractivity contribution in [3.63, 3.8) is 0 Å². The van der Waals surface area contributed by atoms with Crippen molar-refractivity contribution in [3.8, 4) is 6.07 Å². The highest BCUT2D eigenvalue weighted by Gasteiger charge is 2.31.